The summed E-state index contributed by atoms with van der Waals surface area (Å²) in [5, 5.41) is 9.43. The molecular weight excluding hydrogens is 198 g/mol. The Morgan fingerprint density at radius 2 is 2.19 bits per heavy atom. The van der Waals surface area contributed by atoms with Gasteiger partial charge in [-0.25, -0.2) is 0 Å². The van der Waals surface area contributed by atoms with Crippen LogP contribution in [-0.4, -0.2) is 29.6 Å². The van der Waals surface area contributed by atoms with E-state index in [9.17, 15) is 5.11 Å². The van der Waals surface area contributed by atoms with Gasteiger partial charge in [0.05, 0.1) is 0 Å². The van der Waals surface area contributed by atoms with Gasteiger partial charge in [0.15, 0.2) is 0 Å². The number of benzene rings is 1. The van der Waals surface area contributed by atoms with Crippen molar-refractivity contribution in [2.75, 3.05) is 13.6 Å². The molecule has 1 saturated heterocycles. The normalized spacial score (nSPS) is 28.5. The lowest BCUT2D eigenvalue weighted by Crippen LogP contribution is -2.28. The van der Waals surface area contributed by atoms with Crippen molar-refractivity contribution in [2.24, 2.45) is 5.92 Å². The SMILES string of the molecule is Cc1cc(O)ccc1C1=CC2CC1N(C)C2. The van der Waals surface area contributed by atoms with Crippen LogP contribution in [0.3, 0.4) is 0 Å². The quantitative estimate of drug-likeness (QED) is 0.777. The summed E-state index contributed by atoms with van der Waals surface area (Å²) in [4.78, 5) is 2.44. The second-order valence-corrected chi connectivity index (χ2v) is 5.07. The number of rotatable bonds is 1. The maximum atomic E-state index is 9.43. The number of phenolic OH excluding ortho intramolecular Hbond substituents is 1. The van der Waals surface area contributed by atoms with Crippen molar-refractivity contribution in [1.29, 1.82) is 0 Å². The van der Waals surface area contributed by atoms with Gasteiger partial charge in [0.2, 0.25) is 0 Å². The van der Waals surface area contributed by atoms with E-state index in [-0.39, 0.29) is 0 Å². The molecule has 1 aromatic rings. The Kier molecular flexibility index (Phi) is 2.08. The zero-order chi connectivity index (χ0) is 11.3. The topological polar surface area (TPSA) is 23.5 Å². The number of phenols is 1. The molecule has 0 saturated carbocycles. The predicted octanol–water partition coefficient (Wildman–Crippen LogP) is 2.42. The second kappa shape index (κ2) is 3.36. The van der Waals surface area contributed by atoms with Crippen LogP contribution in [0.1, 0.15) is 17.5 Å². The zero-order valence-corrected chi connectivity index (χ0v) is 9.77. The van der Waals surface area contributed by atoms with Crippen molar-refractivity contribution in [3.63, 3.8) is 0 Å². The predicted molar refractivity (Wildman–Crippen MR) is 65.3 cm³/mol. The minimum Gasteiger partial charge on any atom is -0.508 e. The summed E-state index contributed by atoms with van der Waals surface area (Å²) in [5.41, 5.74) is 3.93. The summed E-state index contributed by atoms with van der Waals surface area (Å²) in [6.07, 6.45) is 3.69. The van der Waals surface area contributed by atoms with Crippen LogP contribution in [0.4, 0.5) is 0 Å². The van der Waals surface area contributed by atoms with Crippen LogP contribution in [0.2, 0.25) is 0 Å². The second-order valence-electron chi connectivity index (χ2n) is 5.07. The van der Waals surface area contributed by atoms with Crippen LogP contribution in [0.5, 0.6) is 5.75 Å². The lowest BCUT2D eigenvalue weighted by molar-refractivity contribution is 0.353. The van der Waals surface area contributed by atoms with Crippen molar-refractivity contribution in [1.82, 2.24) is 4.90 Å². The molecule has 2 heteroatoms. The van der Waals surface area contributed by atoms with E-state index in [4.69, 9.17) is 0 Å². The number of hydrogen-bond acceptors (Lipinski definition) is 2. The van der Waals surface area contributed by atoms with E-state index in [1.54, 1.807) is 6.07 Å². The molecule has 0 spiro atoms. The third-order valence-electron chi connectivity index (χ3n) is 3.88. The summed E-state index contributed by atoms with van der Waals surface area (Å²) in [6, 6.07) is 6.27. The molecule has 1 N–H and O–H groups in total. The monoisotopic (exact) mass is 215 g/mol. The number of nitrogens with zero attached hydrogens (tertiary/aromatic N) is 1. The molecule has 84 valence electrons. The van der Waals surface area contributed by atoms with Crippen molar-refractivity contribution in [3.05, 3.63) is 35.4 Å². The van der Waals surface area contributed by atoms with Gasteiger partial charge in [0, 0.05) is 12.6 Å². The highest BCUT2D eigenvalue weighted by Crippen LogP contribution is 2.41. The molecule has 2 aliphatic rings. The van der Waals surface area contributed by atoms with E-state index >= 15 is 0 Å². The van der Waals surface area contributed by atoms with Gasteiger partial charge in [-0.15, -0.1) is 0 Å². The number of aromatic hydroxyl groups is 1. The zero-order valence-electron chi connectivity index (χ0n) is 9.77. The number of likely N-dealkylation sites (tertiary alicyclic amines) is 1. The first-order valence-electron chi connectivity index (χ1n) is 5.87. The van der Waals surface area contributed by atoms with E-state index in [2.05, 4.69) is 24.9 Å². The van der Waals surface area contributed by atoms with Gasteiger partial charge >= 0.3 is 0 Å². The molecule has 1 aliphatic carbocycles. The first-order valence-corrected chi connectivity index (χ1v) is 5.87. The minimum absolute atomic E-state index is 0.360. The first kappa shape index (κ1) is 9.91. The Morgan fingerprint density at radius 1 is 1.38 bits per heavy atom. The Bertz CT molecular complexity index is 464. The average Bonchev–Trinajstić information content (AvgIpc) is 2.75. The van der Waals surface area contributed by atoms with E-state index < -0.39 is 0 Å². The van der Waals surface area contributed by atoms with Crippen LogP contribution in [0, 0.1) is 12.8 Å². The summed E-state index contributed by atoms with van der Waals surface area (Å²) in [7, 11) is 2.20. The van der Waals surface area contributed by atoms with Crippen molar-refractivity contribution < 1.29 is 5.11 Å². The molecular formula is C14H17NO. The third kappa shape index (κ3) is 1.37. The fourth-order valence-electron chi connectivity index (χ4n) is 3.13. The smallest absolute Gasteiger partial charge is 0.115 e. The maximum Gasteiger partial charge on any atom is 0.115 e. The van der Waals surface area contributed by atoms with Crippen LogP contribution in [-0.2, 0) is 0 Å². The van der Waals surface area contributed by atoms with Gasteiger partial charge in [-0.1, -0.05) is 12.1 Å². The molecule has 1 fully saturated rings. The van der Waals surface area contributed by atoms with Crippen LogP contribution in [0.25, 0.3) is 5.57 Å². The fraction of sp³-hybridized carbons (Fsp3) is 0.429. The fourth-order valence-corrected chi connectivity index (χ4v) is 3.13. The molecule has 3 rings (SSSR count). The number of hydrogen-bond donors (Lipinski definition) is 1. The molecule has 1 heterocycles. The molecule has 2 nitrogen and oxygen atoms in total. The largest absolute Gasteiger partial charge is 0.508 e. The van der Waals surface area contributed by atoms with Crippen molar-refractivity contribution in [3.8, 4) is 5.75 Å². The lowest BCUT2D eigenvalue weighted by atomic mass is 9.96. The molecule has 2 atom stereocenters. The summed E-state index contributed by atoms with van der Waals surface area (Å²) >= 11 is 0. The molecule has 16 heavy (non-hydrogen) atoms. The Morgan fingerprint density at radius 3 is 2.81 bits per heavy atom. The number of aryl methyl sites for hydroxylation is 1. The van der Waals surface area contributed by atoms with E-state index in [1.165, 1.54) is 29.7 Å². The van der Waals surface area contributed by atoms with E-state index in [0.717, 1.165) is 5.92 Å². The number of likely N-dealkylation sites (N-methyl/N-ethyl adjacent to an activating group) is 1. The molecule has 1 aromatic carbocycles. The maximum absolute atomic E-state index is 9.43. The molecule has 2 bridgehead atoms. The van der Waals surface area contributed by atoms with E-state index in [1.807, 2.05) is 12.1 Å². The highest BCUT2D eigenvalue weighted by atomic mass is 16.3. The highest BCUT2D eigenvalue weighted by Gasteiger charge is 2.37. The summed E-state index contributed by atoms with van der Waals surface area (Å²) in [5.74, 6) is 1.09. The molecule has 0 aromatic heterocycles. The summed E-state index contributed by atoms with van der Waals surface area (Å²) < 4.78 is 0. The summed E-state index contributed by atoms with van der Waals surface area (Å²) in [6.45, 7) is 3.27. The van der Waals surface area contributed by atoms with Crippen LogP contribution >= 0.6 is 0 Å². The van der Waals surface area contributed by atoms with Gasteiger partial charge < -0.3 is 5.11 Å². The molecule has 1 aliphatic heterocycles. The van der Waals surface area contributed by atoms with Gasteiger partial charge in [-0.3, -0.25) is 4.90 Å². The molecule has 0 radical (unpaired) electrons. The van der Waals surface area contributed by atoms with E-state index in [0.29, 0.717) is 11.8 Å². The van der Waals surface area contributed by atoms with Gasteiger partial charge in [0.25, 0.3) is 0 Å². The Labute approximate surface area is 96.2 Å². The lowest BCUT2D eigenvalue weighted by Gasteiger charge is -2.25. The standard InChI is InChI=1S/C14H17NO/c1-9-5-11(16)3-4-12(9)13-6-10-7-14(13)15(2)8-10/h3-6,10,14,16H,7-8H2,1-2H3. The molecule has 0 amide bonds. The Hall–Kier alpha value is -1.28. The molecule has 2 unspecified atom stereocenters. The first-order chi connectivity index (χ1) is 7.65. The highest BCUT2D eigenvalue weighted by molar-refractivity contribution is 5.75. The van der Waals surface area contributed by atoms with Crippen molar-refractivity contribution in [2.45, 2.75) is 19.4 Å². The number of fused-ring (bicyclic) bond motifs is 2. The third-order valence-corrected chi connectivity index (χ3v) is 3.88. The van der Waals surface area contributed by atoms with Crippen molar-refractivity contribution >= 4 is 5.57 Å². The van der Waals surface area contributed by atoms with Gasteiger partial charge in [-0.05, 0) is 55.1 Å². The van der Waals surface area contributed by atoms with Gasteiger partial charge in [-0.2, -0.15) is 0 Å². The Balaban J connectivity index is 2.02. The van der Waals surface area contributed by atoms with Crippen LogP contribution < -0.4 is 0 Å². The minimum atomic E-state index is 0.360. The average molecular weight is 215 g/mol. The van der Waals surface area contributed by atoms with Gasteiger partial charge in [0.1, 0.15) is 5.75 Å². The van der Waals surface area contributed by atoms with Crippen LogP contribution in [0.15, 0.2) is 24.3 Å².